The number of anilines is 2. The van der Waals surface area contributed by atoms with Crippen molar-refractivity contribution in [2.24, 2.45) is 11.8 Å². The molecule has 0 amide bonds. The van der Waals surface area contributed by atoms with E-state index in [4.69, 9.17) is 0 Å². The van der Waals surface area contributed by atoms with Crippen LogP contribution in [0.2, 0.25) is 0 Å². The normalized spacial score (nSPS) is 26.4. The number of piperidine rings is 1. The predicted molar refractivity (Wildman–Crippen MR) is 98.0 cm³/mol. The van der Waals surface area contributed by atoms with E-state index in [1.54, 1.807) is 12.4 Å². The van der Waals surface area contributed by atoms with Crippen LogP contribution in [0.3, 0.4) is 0 Å². The maximum atomic E-state index is 11.9. The van der Waals surface area contributed by atoms with Crippen molar-refractivity contribution >= 4 is 23.2 Å². The summed E-state index contributed by atoms with van der Waals surface area (Å²) in [5.41, 5.74) is 2.59. The number of nitrogens with zero attached hydrogens (tertiary/aromatic N) is 4. The van der Waals surface area contributed by atoms with Gasteiger partial charge in [0, 0.05) is 31.0 Å². The van der Waals surface area contributed by atoms with E-state index in [0.29, 0.717) is 23.4 Å². The van der Waals surface area contributed by atoms with Crippen LogP contribution in [0.4, 0.5) is 11.6 Å². The second-order valence-corrected chi connectivity index (χ2v) is 7.23. The minimum atomic E-state index is -0.192. The highest BCUT2D eigenvalue weighted by atomic mass is 16.1. The SMILES string of the molecule is C[C@@H]1C[C@H](C)CN([C@@H]2C(=C=O)c3ccccc3N2c2ncccn2)C1. The highest BCUT2D eigenvalue weighted by molar-refractivity contribution is 6.01. The molecule has 1 aromatic heterocycles. The van der Waals surface area contributed by atoms with Crippen LogP contribution in [-0.4, -0.2) is 40.1 Å². The Hall–Kier alpha value is -2.49. The maximum absolute atomic E-state index is 11.9. The number of carbonyl (C=O) groups excluding carboxylic acids is 1. The quantitative estimate of drug-likeness (QED) is 0.790. The van der Waals surface area contributed by atoms with Gasteiger partial charge in [-0.2, -0.15) is 0 Å². The van der Waals surface area contributed by atoms with Crippen molar-refractivity contribution < 1.29 is 4.79 Å². The van der Waals surface area contributed by atoms with Gasteiger partial charge >= 0.3 is 0 Å². The van der Waals surface area contributed by atoms with Gasteiger partial charge in [0.25, 0.3) is 0 Å². The molecule has 0 saturated carbocycles. The third-order valence-corrected chi connectivity index (χ3v) is 5.08. The number of rotatable bonds is 2. The Morgan fingerprint density at radius 2 is 1.72 bits per heavy atom. The molecule has 4 rings (SSSR count). The Morgan fingerprint density at radius 3 is 2.40 bits per heavy atom. The molecule has 0 bridgehead atoms. The minimum Gasteiger partial charge on any atom is -0.289 e. The molecule has 5 heteroatoms. The van der Waals surface area contributed by atoms with E-state index in [1.807, 2.05) is 30.3 Å². The first-order chi connectivity index (χ1) is 12.2. The number of hydrogen-bond donors (Lipinski definition) is 0. The van der Waals surface area contributed by atoms with Crippen molar-refractivity contribution in [3.8, 4) is 0 Å². The molecule has 3 heterocycles. The van der Waals surface area contributed by atoms with Gasteiger partial charge in [0.2, 0.25) is 5.95 Å². The Balaban J connectivity index is 1.84. The lowest BCUT2D eigenvalue weighted by Gasteiger charge is -2.41. The first-order valence-electron chi connectivity index (χ1n) is 8.83. The minimum absolute atomic E-state index is 0.192. The highest BCUT2D eigenvalue weighted by Gasteiger charge is 2.42. The largest absolute Gasteiger partial charge is 0.289 e. The van der Waals surface area contributed by atoms with Crippen LogP contribution in [0.5, 0.6) is 0 Å². The van der Waals surface area contributed by atoms with Crippen LogP contribution >= 0.6 is 0 Å². The van der Waals surface area contributed by atoms with Crippen LogP contribution in [-0.2, 0) is 4.79 Å². The third kappa shape index (κ3) is 2.76. The summed E-state index contributed by atoms with van der Waals surface area (Å²) >= 11 is 0. The zero-order valence-corrected chi connectivity index (χ0v) is 14.6. The number of para-hydroxylation sites is 1. The molecule has 0 spiro atoms. The number of likely N-dealkylation sites (tertiary alicyclic amines) is 1. The van der Waals surface area contributed by atoms with Gasteiger partial charge < -0.3 is 0 Å². The molecule has 1 saturated heterocycles. The van der Waals surface area contributed by atoms with E-state index in [0.717, 1.165) is 24.3 Å². The molecule has 1 aromatic carbocycles. The van der Waals surface area contributed by atoms with Gasteiger partial charge in [-0.25, -0.2) is 14.8 Å². The molecule has 5 nitrogen and oxygen atoms in total. The number of hydrogen-bond acceptors (Lipinski definition) is 5. The monoisotopic (exact) mass is 334 g/mol. The predicted octanol–water partition coefficient (Wildman–Crippen LogP) is 3.15. The Kier molecular flexibility index (Phi) is 4.12. The molecule has 0 aliphatic carbocycles. The maximum Gasteiger partial charge on any atom is 0.231 e. The van der Waals surface area contributed by atoms with Gasteiger partial charge in [0.05, 0.1) is 11.3 Å². The fourth-order valence-electron chi connectivity index (χ4n) is 4.31. The zero-order chi connectivity index (χ0) is 17.4. The molecule has 2 aromatic rings. The lowest BCUT2D eigenvalue weighted by molar-refractivity contribution is 0.122. The Bertz CT molecular complexity index is 805. The van der Waals surface area contributed by atoms with Gasteiger partial charge in [-0.1, -0.05) is 32.0 Å². The van der Waals surface area contributed by atoms with Crippen LogP contribution in [0, 0.1) is 11.8 Å². The molecule has 1 fully saturated rings. The van der Waals surface area contributed by atoms with E-state index in [1.165, 1.54) is 6.42 Å². The first-order valence-corrected chi connectivity index (χ1v) is 8.83. The Morgan fingerprint density at radius 1 is 1.04 bits per heavy atom. The van der Waals surface area contributed by atoms with Gasteiger partial charge in [-0.15, -0.1) is 0 Å². The molecule has 25 heavy (non-hydrogen) atoms. The third-order valence-electron chi connectivity index (χ3n) is 5.08. The molecule has 3 atom stereocenters. The summed E-state index contributed by atoms with van der Waals surface area (Å²) in [6.07, 6.45) is 4.51. The summed E-state index contributed by atoms with van der Waals surface area (Å²) < 4.78 is 0. The fourth-order valence-corrected chi connectivity index (χ4v) is 4.31. The molecule has 2 aliphatic rings. The van der Waals surface area contributed by atoms with Crippen LogP contribution in [0.15, 0.2) is 42.7 Å². The average Bonchev–Trinajstić information content (AvgIpc) is 2.96. The first kappa shape index (κ1) is 16.0. The number of aromatic nitrogens is 2. The van der Waals surface area contributed by atoms with E-state index < -0.39 is 0 Å². The summed E-state index contributed by atoms with van der Waals surface area (Å²) in [6, 6.07) is 9.77. The molecule has 0 unspecified atom stereocenters. The van der Waals surface area contributed by atoms with Crippen LogP contribution in [0.1, 0.15) is 25.8 Å². The van der Waals surface area contributed by atoms with Gasteiger partial charge in [0.15, 0.2) is 0 Å². The zero-order valence-electron chi connectivity index (χ0n) is 14.6. The average molecular weight is 334 g/mol. The van der Waals surface area contributed by atoms with Gasteiger partial charge in [-0.3, -0.25) is 9.80 Å². The van der Waals surface area contributed by atoms with E-state index >= 15 is 0 Å². The van der Waals surface area contributed by atoms with E-state index in [9.17, 15) is 4.79 Å². The molecular weight excluding hydrogens is 312 g/mol. The second-order valence-electron chi connectivity index (χ2n) is 7.23. The standard InChI is InChI=1S/C20H22N4O/c1-14-10-15(2)12-23(11-14)19-17(13-25)16-6-3-4-7-18(16)24(19)20-21-8-5-9-22-20/h3-9,14-15,19H,10-12H2,1-2H3/t14-,15+,19-/m0/s1. The number of fused-ring (bicyclic) bond motifs is 1. The number of benzene rings is 1. The van der Waals surface area contributed by atoms with Gasteiger partial charge in [-0.05, 0) is 30.4 Å². The Labute approximate surface area is 148 Å². The summed E-state index contributed by atoms with van der Waals surface area (Å²) in [5, 5.41) is 0. The van der Waals surface area contributed by atoms with Crippen molar-refractivity contribution in [2.45, 2.75) is 26.4 Å². The summed E-state index contributed by atoms with van der Waals surface area (Å²) in [6.45, 7) is 6.46. The molecule has 128 valence electrons. The van der Waals surface area contributed by atoms with Crippen molar-refractivity contribution in [3.63, 3.8) is 0 Å². The smallest absolute Gasteiger partial charge is 0.231 e. The second kappa shape index (κ2) is 6.43. The lowest BCUT2D eigenvalue weighted by Crippen LogP contribution is -2.51. The van der Waals surface area contributed by atoms with E-state index in [-0.39, 0.29) is 6.17 Å². The van der Waals surface area contributed by atoms with Crippen molar-refractivity contribution in [3.05, 3.63) is 48.3 Å². The molecule has 2 aliphatic heterocycles. The van der Waals surface area contributed by atoms with Crippen molar-refractivity contribution in [2.75, 3.05) is 18.0 Å². The summed E-state index contributed by atoms with van der Waals surface area (Å²) in [7, 11) is 0. The van der Waals surface area contributed by atoms with Gasteiger partial charge in [0.1, 0.15) is 12.1 Å². The topological polar surface area (TPSA) is 49.3 Å². The van der Waals surface area contributed by atoms with Crippen LogP contribution in [0.25, 0.3) is 5.57 Å². The molecule has 0 N–H and O–H groups in total. The summed E-state index contributed by atoms with van der Waals surface area (Å²) in [5.74, 6) is 4.04. The summed E-state index contributed by atoms with van der Waals surface area (Å²) in [4.78, 5) is 25.3. The van der Waals surface area contributed by atoms with E-state index in [2.05, 4.69) is 39.6 Å². The fraction of sp³-hybridized carbons (Fsp3) is 0.400. The molecular formula is C20H22N4O. The van der Waals surface area contributed by atoms with Crippen molar-refractivity contribution in [1.29, 1.82) is 0 Å². The molecule has 0 radical (unpaired) electrons. The van der Waals surface area contributed by atoms with Crippen molar-refractivity contribution in [1.82, 2.24) is 14.9 Å². The van der Waals surface area contributed by atoms with Crippen LogP contribution < -0.4 is 4.90 Å². The lowest BCUT2D eigenvalue weighted by atomic mass is 9.91. The highest BCUT2D eigenvalue weighted by Crippen LogP contribution is 2.44.